The Kier molecular flexibility index (Phi) is 13.6. The molecule has 16 heavy (non-hydrogen) atoms. The number of rotatable bonds is 11. The van der Waals surface area contributed by atoms with Gasteiger partial charge in [0.25, 0.3) is 0 Å². The second-order valence-electron chi connectivity index (χ2n) is 4.37. The maximum Gasteiger partial charge on any atom is -0.0275 e. The van der Waals surface area contributed by atoms with Crippen molar-refractivity contribution < 1.29 is 0 Å². The van der Waals surface area contributed by atoms with Crippen molar-refractivity contribution in [3.8, 4) is 0 Å². The summed E-state index contributed by atoms with van der Waals surface area (Å²) in [5.41, 5.74) is 2.82. The van der Waals surface area contributed by atoms with Crippen LogP contribution >= 0.6 is 0 Å². The fourth-order valence-electron chi connectivity index (χ4n) is 1.70. The molecule has 92 valence electrons. The molecule has 0 aromatic carbocycles. The minimum atomic E-state index is 1.15. The molecule has 0 bridgehead atoms. The number of unbranched alkanes of at least 4 members (excludes halogenated alkanes) is 8. The predicted octanol–water partition coefficient (Wildman–Crippen LogP) is 5.80. The van der Waals surface area contributed by atoms with E-state index in [1.54, 1.807) is 0 Å². The molecule has 0 heterocycles. The van der Waals surface area contributed by atoms with E-state index in [0.29, 0.717) is 0 Å². The molecule has 0 unspecified atom stereocenters. The molecule has 0 fully saturated rings. The molecule has 0 saturated heterocycles. The Labute approximate surface area is 102 Å². The second kappa shape index (κ2) is 14.3. The standard InChI is InChI=1S/C16H28/c1-3-5-7-9-11-13-15-16-14-12-10-8-6-4-2/h5,10,12H,1,4,6-9,11,13-16H2,2H3. The zero-order chi connectivity index (χ0) is 11.9. The third-order valence-electron chi connectivity index (χ3n) is 2.75. The number of hydrogen-bond donors (Lipinski definition) is 0. The molecule has 0 aliphatic carbocycles. The van der Waals surface area contributed by atoms with Crippen LogP contribution in [0, 0.1) is 0 Å². The molecule has 0 nitrogen and oxygen atoms in total. The van der Waals surface area contributed by atoms with Gasteiger partial charge in [0.1, 0.15) is 0 Å². The maximum atomic E-state index is 3.56. The minimum absolute atomic E-state index is 1.15. The first-order valence-corrected chi connectivity index (χ1v) is 6.91. The van der Waals surface area contributed by atoms with Gasteiger partial charge in [-0.1, -0.05) is 57.8 Å². The molecular formula is C16H28. The fourth-order valence-corrected chi connectivity index (χ4v) is 1.70. The topological polar surface area (TPSA) is 0 Å². The van der Waals surface area contributed by atoms with Crippen molar-refractivity contribution in [3.63, 3.8) is 0 Å². The lowest BCUT2D eigenvalue weighted by molar-refractivity contribution is 0.621. The number of allylic oxidation sites excluding steroid dienone is 3. The van der Waals surface area contributed by atoms with Crippen molar-refractivity contribution in [2.24, 2.45) is 0 Å². The van der Waals surface area contributed by atoms with Crippen molar-refractivity contribution in [1.29, 1.82) is 0 Å². The highest BCUT2D eigenvalue weighted by Crippen LogP contribution is 2.08. The second-order valence-corrected chi connectivity index (χ2v) is 4.37. The van der Waals surface area contributed by atoms with Crippen LogP contribution in [0.5, 0.6) is 0 Å². The Morgan fingerprint density at radius 1 is 0.812 bits per heavy atom. The Morgan fingerprint density at radius 3 is 2.00 bits per heavy atom. The highest BCUT2D eigenvalue weighted by Gasteiger charge is 1.88. The minimum Gasteiger partial charge on any atom is -0.133 e. The van der Waals surface area contributed by atoms with E-state index in [2.05, 4.69) is 31.4 Å². The summed E-state index contributed by atoms with van der Waals surface area (Å²) < 4.78 is 0. The van der Waals surface area contributed by atoms with Gasteiger partial charge in [0.2, 0.25) is 0 Å². The molecular weight excluding hydrogens is 192 g/mol. The molecule has 0 aromatic heterocycles. The van der Waals surface area contributed by atoms with E-state index in [4.69, 9.17) is 0 Å². The Morgan fingerprint density at radius 2 is 1.38 bits per heavy atom. The summed E-state index contributed by atoms with van der Waals surface area (Å²) in [4.78, 5) is 0. The quantitative estimate of drug-likeness (QED) is 0.234. The van der Waals surface area contributed by atoms with Crippen LogP contribution in [0.1, 0.15) is 71.1 Å². The highest BCUT2D eigenvalue weighted by molar-refractivity contribution is 4.81. The van der Waals surface area contributed by atoms with Crippen molar-refractivity contribution >= 4 is 0 Å². The van der Waals surface area contributed by atoms with E-state index >= 15 is 0 Å². The number of hydrogen-bond acceptors (Lipinski definition) is 0. The smallest absolute Gasteiger partial charge is 0.0275 e. The van der Waals surface area contributed by atoms with Crippen LogP contribution in [0.4, 0.5) is 0 Å². The van der Waals surface area contributed by atoms with Crippen LogP contribution in [0.2, 0.25) is 0 Å². The van der Waals surface area contributed by atoms with Crippen molar-refractivity contribution in [1.82, 2.24) is 0 Å². The lowest BCUT2D eigenvalue weighted by Gasteiger charge is -1.97. The van der Waals surface area contributed by atoms with E-state index in [1.807, 2.05) is 6.08 Å². The normalized spacial score (nSPS) is 10.6. The monoisotopic (exact) mass is 220 g/mol. The first-order chi connectivity index (χ1) is 7.91. The van der Waals surface area contributed by atoms with Crippen molar-refractivity contribution in [3.05, 3.63) is 30.5 Å². The molecule has 0 heteroatoms. The highest BCUT2D eigenvalue weighted by atomic mass is 13.9. The van der Waals surface area contributed by atoms with Gasteiger partial charge >= 0.3 is 0 Å². The van der Waals surface area contributed by atoms with Crippen LogP contribution in [0.3, 0.4) is 0 Å². The zero-order valence-electron chi connectivity index (χ0n) is 11.0. The summed E-state index contributed by atoms with van der Waals surface area (Å²) >= 11 is 0. The Bertz CT molecular complexity index is 194. The van der Waals surface area contributed by atoms with Crippen LogP contribution in [0.15, 0.2) is 30.5 Å². The SMILES string of the molecule is C=C=CCCCCCCCC=CCCCC. The van der Waals surface area contributed by atoms with Crippen LogP contribution in [0.25, 0.3) is 0 Å². The van der Waals surface area contributed by atoms with Gasteiger partial charge in [-0.05, 0) is 38.2 Å². The summed E-state index contributed by atoms with van der Waals surface area (Å²) in [6.07, 6.45) is 19.9. The Hall–Kier alpha value is -0.740. The van der Waals surface area contributed by atoms with Crippen LogP contribution < -0.4 is 0 Å². The third kappa shape index (κ3) is 13.3. The van der Waals surface area contributed by atoms with Gasteiger partial charge in [0.15, 0.2) is 0 Å². The van der Waals surface area contributed by atoms with Gasteiger partial charge in [0.05, 0.1) is 0 Å². The first kappa shape index (κ1) is 15.3. The van der Waals surface area contributed by atoms with Crippen LogP contribution in [-0.4, -0.2) is 0 Å². The van der Waals surface area contributed by atoms with Gasteiger partial charge in [0, 0.05) is 0 Å². The van der Waals surface area contributed by atoms with E-state index in [9.17, 15) is 0 Å². The maximum absolute atomic E-state index is 3.56. The molecule has 0 N–H and O–H groups in total. The lowest BCUT2D eigenvalue weighted by atomic mass is 10.1. The summed E-state index contributed by atoms with van der Waals surface area (Å²) in [5.74, 6) is 0. The average Bonchev–Trinajstić information content (AvgIpc) is 2.31. The van der Waals surface area contributed by atoms with Gasteiger partial charge in [-0.3, -0.25) is 0 Å². The fraction of sp³-hybridized carbons (Fsp3) is 0.688. The van der Waals surface area contributed by atoms with E-state index in [-0.39, 0.29) is 0 Å². The van der Waals surface area contributed by atoms with Gasteiger partial charge in [-0.15, -0.1) is 5.73 Å². The van der Waals surface area contributed by atoms with Crippen LogP contribution in [-0.2, 0) is 0 Å². The van der Waals surface area contributed by atoms with Crippen molar-refractivity contribution in [2.75, 3.05) is 0 Å². The molecule has 0 rings (SSSR count). The summed E-state index contributed by atoms with van der Waals surface area (Å²) in [6.45, 7) is 5.81. The molecule has 0 spiro atoms. The van der Waals surface area contributed by atoms with Gasteiger partial charge in [-0.2, -0.15) is 0 Å². The Balaban J connectivity index is 3.03. The zero-order valence-corrected chi connectivity index (χ0v) is 11.0. The molecule has 0 aliphatic heterocycles. The predicted molar refractivity (Wildman–Crippen MR) is 74.7 cm³/mol. The molecule has 0 aromatic rings. The van der Waals surface area contributed by atoms with E-state index in [1.165, 1.54) is 57.8 Å². The van der Waals surface area contributed by atoms with Gasteiger partial charge < -0.3 is 0 Å². The first-order valence-electron chi connectivity index (χ1n) is 6.91. The summed E-state index contributed by atoms with van der Waals surface area (Å²) in [6, 6.07) is 0. The van der Waals surface area contributed by atoms with E-state index < -0.39 is 0 Å². The summed E-state index contributed by atoms with van der Waals surface area (Å²) in [5, 5.41) is 0. The molecule has 0 saturated carbocycles. The molecule has 0 amide bonds. The lowest BCUT2D eigenvalue weighted by Crippen LogP contribution is -1.78. The molecule has 0 aliphatic rings. The molecule has 0 radical (unpaired) electrons. The average molecular weight is 220 g/mol. The van der Waals surface area contributed by atoms with Gasteiger partial charge in [-0.25, -0.2) is 0 Å². The van der Waals surface area contributed by atoms with E-state index in [0.717, 1.165) is 6.42 Å². The largest absolute Gasteiger partial charge is 0.133 e. The van der Waals surface area contributed by atoms with Crippen molar-refractivity contribution in [2.45, 2.75) is 71.1 Å². The molecule has 0 atom stereocenters. The summed E-state index contributed by atoms with van der Waals surface area (Å²) in [7, 11) is 0. The third-order valence-corrected chi connectivity index (χ3v) is 2.75.